The van der Waals surface area contributed by atoms with Gasteiger partial charge in [0, 0.05) is 0 Å². The van der Waals surface area contributed by atoms with E-state index in [1.54, 1.807) is 7.11 Å². The average Bonchev–Trinajstić information content (AvgIpc) is 2.44. The van der Waals surface area contributed by atoms with Crippen molar-refractivity contribution in [2.45, 2.75) is 51.9 Å². The molecule has 0 saturated heterocycles. The Hall–Kier alpha value is -1.24. The Morgan fingerprint density at radius 3 is 2.47 bits per heavy atom. The lowest BCUT2D eigenvalue weighted by Gasteiger charge is -2.15. The molecule has 0 aromatic heterocycles. The number of benzene rings is 1. The molecule has 0 aliphatic carbocycles. The zero-order valence-corrected chi connectivity index (χ0v) is 12.5. The van der Waals surface area contributed by atoms with Gasteiger partial charge in [0.2, 0.25) is 0 Å². The molecular formula is C18H28O. The van der Waals surface area contributed by atoms with Crippen LogP contribution in [-0.4, -0.2) is 7.11 Å². The van der Waals surface area contributed by atoms with Gasteiger partial charge in [0.25, 0.3) is 0 Å². The van der Waals surface area contributed by atoms with Crippen LogP contribution < -0.4 is 4.74 Å². The Morgan fingerprint density at radius 2 is 1.89 bits per heavy atom. The van der Waals surface area contributed by atoms with Crippen LogP contribution in [0.3, 0.4) is 0 Å². The van der Waals surface area contributed by atoms with Gasteiger partial charge in [-0.2, -0.15) is 0 Å². The second-order valence-corrected chi connectivity index (χ2v) is 5.29. The van der Waals surface area contributed by atoms with E-state index >= 15 is 0 Å². The molecule has 1 unspecified atom stereocenters. The first-order chi connectivity index (χ1) is 9.30. The van der Waals surface area contributed by atoms with E-state index in [1.165, 1.54) is 37.7 Å². The van der Waals surface area contributed by atoms with Crippen molar-refractivity contribution in [2.75, 3.05) is 7.11 Å². The van der Waals surface area contributed by atoms with Gasteiger partial charge < -0.3 is 4.74 Å². The standard InChI is InChI=1S/C18H28O/c1-4-6-7-8-10-16(9-5-2)15-17-11-13-18(19-3)14-12-17/h5,11-14,16H,2,4,6-10,15H2,1,3H3. The van der Waals surface area contributed by atoms with Gasteiger partial charge in [-0.05, 0) is 42.9 Å². The first kappa shape index (κ1) is 15.8. The van der Waals surface area contributed by atoms with Gasteiger partial charge in [-0.1, -0.05) is 50.8 Å². The van der Waals surface area contributed by atoms with Crippen molar-refractivity contribution in [1.82, 2.24) is 0 Å². The molecule has 0 spiro atoms. The van der Waals surface area contributed by atoms with Crippen LogP contribution >= 0.6 is 0 Å². The van der Waals surface area contributed by atoms with Crippen LogP contribution in [0.1, 0.15) is 51.0 Å². The molecule has 0 amide bonds. The Balaban J connectivity index is 2.44. The van der Waals surface area contributed by atoms with Crippen molar-refractivity contribution in [3.05, 3.63) is 42.5 Å². The third-order valence-corrected chi connectivity index (χ3v) is 3.65. The van der Waals surface area contributed by atoms with E-state index in [0.717, 1.165) is 24.5 Å². The van der Waals surface area contributed by atoms with Crippen LogP contribution in [0, 0.1) is 5.92 Å². The molecule has 0 bridgehead atoms. The maximum atomic E-state index is 5.20. The normalized spacial score (nSPS) is 12.1. The van der Waals surface area contributed by atoms with Crippen LogP contribution in [0.15, 0.2) is 36.9 Å². The molecule has 1 atom stereocenters. The molecule has 1 nitrogen and oxygen atoms in total. The summed E-state index contributed by atoms with van der Waals surface area (Å²) in [5, 5.41) is 0. The van der Waals surface area contributed by atoms with Gasteiger partial charge >= 0.3 is 0 Å². The molecule has 106 valence electrons. The molecule has 0 heterocycles. The summed E-state index contributed by atoms with van der Waals surface area (Å²) in [6.07, 6.45) is 11.1. The van der Waals surface area contributed by atoms with E-state index in [1.807, 2.05) is 0 Å². The molecule has 1 aromatic rings. The Morgan fingerprint density at radius 1 is 1.16 bits per heavy atom. The van der Waals surface area contributed by atoms with E-state index in [-0.39, 0.29) is 0 Å². The average molecular weight is 260 g/mol. The summed E-state index contributed by atoms with van der Waals surface area (Å²) in [4.78, 5) is 0. The summed E-state index contributed by atoms with van der Waals surface area (Å²) in [7, 11) is 1.71. The second kappa shape index (κ2) is 9.66. The van der Waals surface area contributed by atoms with Gasteiger partial charge in [-0.25, -0.2) is 0 Å². The van der Waals surface area contributed by atoms with Crippen LogP contribution in [0.4, 0.5) is 0 Å². The smallest absolute Gasteiger partial charge is 0.118 e. The first-order valence-electron chi connectivity index (χ1n) is 7.54. The molecule has 0 radical (unpaired) electrons. The molecule has 19 heavy (non-hydrogen) atoms. The number of hydrogen-bond donors (Lipinski definition) is 0. The lowest BCUT2D eigenvalue weighted by Crippen LogP contribution is -2.04. The lowest BCUT2D eigenvalue weighted by atomic mass is 9.91. The summed E-state index contributed by atoms with van der Waals surface area (Å²) >= 11 is 0. The Labute approximate surface area is 118 Å². The number of methoxy groups -OCH3 is 1. The number of ether oxygens (including phenoxy) is 1. The fourth-order valence-corrected chi connectivity index (χ4v) is 2.49. The highest BCUT2D eigenvalue weighted by Crippen LogP contribution is 2.21. The molecule has 0 aliphatic heterocycles. The zero-order valence-electron chi connectivity index (χ0n) is 12.5. The minimum Gasteiger partial charge on any atom is -0.497 e. The van der Waals surface area contributed by atoms with E-state index in [2.05, 4.69) is 43.8 Å². The molecule has 1 rings (SSSR count). The molecule has 0 N–H and O–H groups in total. The van der Waals surface area contributed by atoms with Gasteiger partial charge in [0.15, 0.2) is 0 Å². The summed E-state index contributed by atoms with van der Waals surface area (Å²) < 4.78 is 5.20. The van der Waals surface area contributed by atoms with E-state index in [4.69, 9.17) is 4.74 Å². The van der Waals surface area contributed by atoms with Crippen molar-refractivity contribution < 1.29 is 4.74 Å². The molecule has 1 aromatic carbocycles. The predicted molar refractivity (Wildman–Crippen MR) is 83.8 cm³/mol. The predicted octanol–water partition coefficient (Wildman–Crippen LogP) is 5.40. The lowest BCUT2D eigenvalue weighted by molar-refractivity contribution is 0.414. The van der Waals surface area contributed by atoms with Crippen LogP contribution in [0.2, 0.25) is 0 Å². The summed E-state index contributed by atoms with van der Waals surface area (Å²) in [5.41, 5.74) is 1.41. The number of allylic oxidation sites excluding steroid dienone is 1. The van der Waals surface area contributed by atoms with E-state index in [9.17, 15) is 0 Å². The Kier molecular flexibility index (Phi) is 8.04. The highest BCUT2D eigenvalue weighted by atomic mass is 16.5. The summed E-state index contributed by atoms with van der Waals surface area (Å²) in [6, 6.07) is 8.47. The third-order valence-electron chi connectivity index (χ3n) is 3.65. The SMILES string of the molecule is C=CCC(CCCCCC)Cc1ccc(OC)cc1. The van der Waals surface area contributed by atoms with Gasteiger partial charge in [0.1, 0.15) is 5.75 Å². The maximum absolute atomic E-state index is 5.20. The topological polar surface area (TPSA) is 9.23 Å². The highest BCUT2D eigenvalue weighted by Gasteiger charge is 2.08. The van der Waals surface area contributed by atoms with E-state index < -0.39 is 0 Å². The second-order valence-electron chi connectivity index (χ2n) is 5.29. The fourth-order valence-electron chi connectivity index (χ4n) is 2.49. The molecule has 0 aliphatic rings. The maximum Gasteiger partial charge on any atom is 0.118 e. The monoisotopic (exact) mass is 260 g/mol. The largest absolute Gasteiger partial charge is 0.497 e. The molecule has 0 saturated carbocycles. The van der Waals surface area contributed by atoms with Crippen LogP contribution in [0.25, 0.3) is 0 Å². The first-order valence-corrected chi connectivity index (χ1v) is 7.54. The Bertz CT molecular complexity index is 339. The van der Waals surface area contributed by atoms with Crippen LogP contribution in [-0.2, 0) is 6.42 Å². The minimum atomic E-state index is 0.739. The highest BCUT2D eigenvalue weighted by molar-refractivity contribution is 5.27. The van der Waals surface area contributed by atoms with Crippen molar-refractivity contribution in [1.29, 1.82) is 0 Å². The number of hydrogen-bond acceptors (Lipinski definition) is 1. The summed E-state index contributed by atoms with van der Waals surface area (Å²) in [6.45, 7) is 6.16. The summed E-state index contributed by atoms with van der Waals surface area (Å²) in [5.74, 6) is 1.68. The molecular weight excluding hydrogens is 232 g/mol. The fraction of sp³-hybridized carbons (Fsp3) is 0.556. The molecule has 0 fully saturated rings. The number of rotatable bonds is 10. The molecule has 1 heteroatoms. The zero-order chi connectivity index (χ0) is 13.9. The van der Waals surface area contributed by atoms with E-state index in [0.29, 0.717) is 0 Å². The van der Waals surface area contributed by atoms with Gasteiger partial charge in [-0.15, -0.1) is 6.58 Å². The van der Waals surface area contributed by atoms with Crippen molar-refractivity contribution >= 4 is 0 Å². The quantitative estimate of drug-likeness (QED) is 0.404. The van der Waals surface area contributed by atoms with Gasteiger partial charge in [-0.3, -0.25) is 0 Å². The van der Waals surface area contributed by atoms with Gasteiger partial charge in [0.05, 0.1) is 7.11 Å². The van der Waals surface area contributed by atoms with Crippen molar-refractivity contribution in [3.8, 4) is 5.75 Å². The third kappa shape index (κ3) is 6.47. The minimum absolute atomic E-state index is 0.739. The van der Waals surface area contributed by atoms with Crippen LogP contribution in [0.5, 0.6) is 5.75 Å². The van der Waals surface area contributed by atoms with Crippen molar-refractivity contribution in [2.24, 2.45) is 5.92 Å². The number of unbranched alkanes of at least 4 members (excludes halogenated alkanes) is 3. The van der Waals surface area contributed by atoms with Crippen molar-refractivity contribution in [3.63, 3.8) is 0 Å².